The van der Waals surface area contributed by atoms with Crippen LogP contribution in [0.5, 0.6) is 0 Å². The van der Waals surface area contributed by atoms with E-state index in [4.69, 9.17) is 9.47 Å². The fraction of sp³-hybridized carbons (Fsp3) is 0.625. The largest absolute Gasteiger partial charge is 0.382 e. The second-order valence-corrected chi connectivity index (χ2v) is 5.31. The summed E-state index contributed by atoms with van der Waals surface area (Å²) in [6.07, 6.45) is 3.53. The molecule has 3 heteroatoms. The highest BCUT2D eigenvalue weighted by atomic mass is 16.5. The average Bonchev–Trinajstić information content (AvgIpc) is 2.46. The van der Waals surface area contributed by atoms with Gasteiger partial charge in [0.2, 0.25) is 0 Å². The van der Waals surface area contributed by atoms with Crippen LogP contribution in [0.1, 0.15) is 37.0 Å². The lowest BCUT2D eigenvalue weighted by Gasteiger charge is -2.30. The van der Waals surface area contributed by atoms with Crippen molar-refractivity contribution in [2.24, 2.45) is 0 Å². The molecule has 3 atom stereocenters. The number of rotatable bonds is 6. The van der Waals surface area contributed by atoms with Gasteiger partial charge >= 0.3 is 0 Å². The van der Waals surface area contributed by atoms with E-state index in [9.17, 15) is 0 Å². The third kappa shape index (κ3) is 3.78. The van der Waals surface area contributed by atoms with Crippen LogP contribution in [0.25, 0.3) is 0 Å². The maximum atomic E-state index is 5.97. The first-order valence-electron chi connectivity index (χ1n) is 7.14. The van der Waals surface area contributed by atoms with Gasteiger partial charge in [-0.15, -0.1) is 0 Å². The van der Waals surface area contributed by atoms with Crippen molar-refractivity contribution in [3.8, 4) is 0 Å². The van der Waals surface area contributed by atoms with E-state index in [2.05, 4.69) is 36.5 Å². The van der Waals surface area contributed by atoms with Crippen LogP contribution in [0, 0.1) is 0 Å². The van der Waals surface area contributed by atoms with E-state index in [1.54, 1.807) is 7.11 Å². The summed E-state index contributed by atoms with van der Waals surface area (Å²) in [6.45, 7) is 2.94. The van der Waals surface area contributed by atoms with E-state index >= 15 is 0 Å². The predicted molar refractivity (Wildman–Crippen MR) is 77.4 cm³/mol. The molecule has 1 N–H and O–H groups in total. The third-order valence-electron chi connectivity index (χ3n) is 4.02. The van der Waals surface area contributed by atoms with E-state index in [-0.39, 0.29) is 12.2 Å². The Morgan fingerprint density at radius 2 is 2.21 bits per heavy atom. The molecule has 0 radical (unpaired) electrons. The van der Waals surface area contributed by atoms with E-state index in [0.29, 0.717) is 6.04 Å². The summed E-state index contributed by atoms with van der Waals surface area (Å²) < 4.78 is 11.3. The Labute approximate surface area is 116 Å². The SMILES string of the molecule is CNC(CC(C)OC)CC1OCCc2ccccc21. The lowest BCUT2D eigenvalue weighted by atomic mass is 9.92. The Morgan fingerprint density at radius 3 is 2.95 bits per heavy atom. The zero-order valence-corrected chi connectivity index (χ0v) is 12.2. The molecule has 1 aliphatic heterocycles. The van der Waals surface area contributed by atoms with Crippen molar-refractivity contribution in [3.63, 3.8) is 0 Å². The molecule has 1 heterocycles. The minimum atomic E-state index is 0.214. The van der Waals surface area contributed by atoms with Crippen LogP contribution in [-0.4, -0.2) is 32.9 Å². The monoisotopic (exact) mass is 263 g/mol. The van der Waals surface area contributed by atoms with Gasteiger partial charge in [0.15, 0.2) is 0 Å². The number of hydrogen-bond acceptors (Lipinski definition) is 3. The smallest absolute Gasteiger partial charge is 0.0842 e. The summed E-state index contributed by atoms with van der Waals surface area (Å²) in [5.41, 5.74) is 2.80. The topological polar surface area (TPSA) is 30.5 Å². The van der Waals surface area contributed by atoms with Crippen molar-refractivity contribution in [1.29, 1.82) is 0 Å². The van der Waals surface area contributed by atoms with Crippen LogP contribution in [0.4, 0.5) is 0 Å². The van der Waals surface area contributed by atoms with Gasteiger partial charge in [0.05, 0.1) is 18.8 Å². The molecule has 1 aromatic rings. The molecule has 0 aromatic heterocycles. The van der Waals surface area contributed by atoms with Crippen LogP contribution < -0.4 is 5.32 Å². The molecule has 0 saturated carbocycles. The molecule has 0 spiro atoms. The fourth-order valence-corrected chi connectivity index (χ4v) is 2.76. The van der Waals surface area contributed by atoms with Gasteiger partial charge in [0, 0.05) is 13.2 Å². The molecule has 0 saturated heterocycles. The molecule has 2 rings (SSSR count). The Balaban J connectivity index is 2.02. The van der Waals surface area contributed by atoms with Crippen LogP contribution >= 0.6 is 0 Å². The minimum Gasteiger partial charge on any atom is -0.382 e. The summed E-state index contributed by atoms with van der Waals surface area (Å²) in [4.78, 5) is 0. The molecule has 0 aliphatic carbocycles. The average molecular weight is 263 g/mol. The number of hydrogen-bond donors (Lipinski definition) is 1. The number of methoxy groups -OCH3 is 1. The van der Waals surface area contributed by atoms with Crippen LogP contribution in [0.3, 0.4) is 0 Å². The number of fused-ring (bicyclic) bond motifs is 1. The Morgan fingerprint density at radius 1 is 1.42 bits per heavy atom. The van der Waals surface area contributed by atoms with Gasteiger partial charge in [-0.1, -0.05) is 24.3 Å². The second kappa shape index (κ2) is 7.04. The van der Waals surface area contributed by atoms with Crippen molar-refractivity contribution >= 4 is 0 Å². The van der Waals surface area contributed by atoms with Gasteiger partial charge in [0.25, 0.3) is 0 Å². The summed E-state index contributed by atoms with van der Waals surface area (Å²) >= 11 is 0. The summed E-state index contributed by atoms with van der Waals surface area (Å²) in [5, 5.41) is 3.39. The first-order chi connectivity index (χ1) is 9.24. The van der Waals surface area contributed by atoms with Crippen LogP contribution in [0.2, 0.25) is 0 Å². The van der Waals surface area contributed by atoms with Crippen molar-refractivity contribution in [3.05, 3.63) is 35.4 Å². The van der Waals surface area contributed by atoms with Crippen molar-refractivity contribution in [2.45, 2.75) is 44.4 Å². The Hall–Kier alpha value is -0.900. The fourth-order valence-electron chi connectivity index (χ4n) is 2.76. The van der Waals surface area contributed by atoms with E-state index < -0.39 is 0 Å². The maximum absolute atomic E-state index is 5.97. The van der Waals surface area contributed by atoms with Gasteiger partial charge in [-0.25, -0.2) is 0 Å². The predicted octanol–water partition coefficient (Wildman–Crippen LogP) is 2.70. The molecule has 106 valence electrons. The van der Waals surface area contributed by atoms with Crippen LogP contribution in [-0.2, 0) is 15.9 Å². The number of nitrogens with one attached hydrogen (secondary N) is 1. The molecule has 3 nitrogen and oxygen atoms in total. The third-order valence-corrected chi connectivity index (χ3v) is 4.02. The molecule has 1 aromatic carbocycles. The highest BCUT2D eigenvalue weighted by molar-refractivity contribution is 5.31. The van der Waals surface area contributed by atoms with E-state index in [1.807, 2.05) is 7.05 Å². The summed E-state index contributed by atoms with van der Waals surface area (Å²) in [7, 11) is 3.78. The van der Waals surface area contributed by atoms with Gasteiger partial charge in [-0.2, -0.15) is 0 Å². The van der Waals surface area contributed by atoms with Gasteiger partial charge < -0.3 is 14.8 Å². The molecule has 1 aliphatic rings. The van der Waals surface area contributed by atoms with Crippen molar-refractivity contribution in [2.75, 3.05) is 20.8 Å². The maximum Gasteiger partial charge on any atom is 0.0842 e. The van der Waals surface area contributed by atoms with Crippen LogP contribution in [0.15, 0.2) is 24.3 Å². The summed E-state index contributed by atoms with van der Waals surface area (Å²) in [6, 6.07) is 9.06. The van der Waals surface area contributed by atoms with E-state index in [0.717, 1.165) is 25.9 Å². The first kappa shape index (κ1) is 14.5. The molecule has 19 heavy (non-hydrogen) atoms. The minimum absolute atomic E-state index is 0.214. The van der Waals surface area contributed by atoms with Gasteiger partial charge in [-0.3, -0.25) is 0 Å². The zero-order chi connectivity index (χ0) is 13.7. The van der Waals surface area contributed by atoms with Gasteiger partial charge in [-0.05, 0) is 44.4 Å². The second-order valence-electron chi connectivity index (χ2n) is 5.31. The lowest BCUT2D eigenvalue weighted by Crippen LogP contribution is -2.33. The Bertz CT molecular complexity index is 394. The quantitative estimate of drug-likeness (QED) is 0.856. The summed E-state index contributed by atoms with van der Waals surface area (Å²) in [5.74, 6) is 0. The Kier molecular flexibility index (Phi) is 5.37. The molecule has 3 unspecified atom stereocenters. The highest BCUT2D eigenvalue weighted by Crippen LogP contribution is 2.31. The normalized spacial score (nSPS) is 21.7. The lowest BCUT2D eigenvalue weighted by molar-refractivity contribution is 0.0230. The standard InChI is InChI=1S/C16H25NO2/c1-12(18-3)10-14(17-2)11-16-15-7-5-4-6-13(15)8-9-19-16/h4-7,12,14,16-17H,8-11H2,1-3H3. The van der Waals surface area contributed by atoms with Crippen molar-refractivity contribution in [1.82, 2.24) is 5.32 Å². The van der Waals surface area contributed by atoms with Crippen molar-refractivity contribution < 1.29 is 9.47 Å². The molecular formula is C16H25NO2. The first-order valence-corrected chi connectivity index (χ1v) is 7.14. The highest BCUT2D eigenvalue weighted by Gasteiger charge is 2.24. The van der Waals surface area contributed by atoms with Gasteiger partial charge in [0.1, 0.15) is 0 Å². The molecular weight excluding hydrogens is 238 g/mol. The molecule has 0 fully saturated rings. The van der Waals surface area contributed by atoms with E-state index in [1.165, 1.54) is 11.1 Å². The molecule has 0 bridgehead atoms. The molecule has 0 amide bonds. The zero-order valence-electron chi connectivity index (χ0n) is 12.2. The number of ether oxygens (including phenoxy) is 2. The number of benzene rings is 1.